The van der Waals surface area contributed by atoms with Gasteiger partial charge in [-0.2, -0.15) is 0 Å². The van der Waals surface area contributed by atoms with Crippen LogP contribution in [0.25, 0.3) is 0 Å². The van der Waals surface area contributed by atoms with E-state index in [0.29, 0.717) is 23.7 Å². The summed E-state index contributed by atoms with van der Waals surface area (Å²) in [7, 11) is 0. The molecule has 0 radical (unpaired) electrons. The first-order chi connectivity index (χ1) is 9.41. The van der Waals surface area contributed by atoms with E-state index in [1.165, 1.54) is 32.1 Å². The highest BCUT2D eigenvalue weighted by Gasteiger charge is 2.56. The highest BCUT2D eigenvalue weighted by atomic mass is 16.5. The normalized spacial score (nSPS) is 39.5. The molecule has 0 aromatic rings. The second-order valence-corrected chi connectivity index (χ2v) is 8.50. The second-order valence-electron chi connectivity index (χ2n) is 8.50. The Balaban J connectivity index is 1.64. The Morgan fingerprint density at radius 3 is 2.40 bits per heavy atom. The number of hydrogen-bond donors (Lipinski definition) is 0. The number of carbonyl (C=O) groups excluding carboxylic acids is 1. The molecule has 20 heavy (non-hydrogen) atoms. The molecular weight excluding hydrogens is 248 g/mol. The Labute approximate surface area is 123 Å². The van der Waals surface area contributed by atoms with Gasteiger partial charge in [-0.25, -0.2) is 0 Å². The summed E-state index contributed by atoms with van der Waals surface area (Å²) in [6.07, 6.45) is 10.9. The van der Waals surface area contributed by atoms with Crippen molar-refractivity contribution in [2.24, 2.45) is 16.7 Å². The number of Topliss-reactive ketones (excluding diaryl/α,β-unsaturated/α-hetero) is 1. The maximum Gasteiger partial charge on any atom is 0.144 e. The number of rotatable bonds is 2. The molecule has 2 heteroatoms. The molecule has 0 bridgehead atoms. The van der Waals surface area contributed by atoms with Crippen LogP contribution in [0.15, 0.2) is 0 Å². The van der Waals surface area contributed by atoms with Crippen LogP contribution in [0, 0.1) is 16.7 Å². The standard InChI is InChI=1S/C18H30O2/c1-13-9-14(12-17(2,3)11-13)20-16-10-15(19)18(16)7-5-4-6-8-18/h13-14,16H,4-12H2,1-3H3. The first-order valence-electron chi connectivity index (χ1n) is 8.60. The number of carbonyl (C=O) groups is 1. The smallest absolute Gasteiger partial charge is 0.144 e. The molecule has 0 N–H and O–H groups in total. The van der Waals surface area contributed by atoms with Gasteiger partial charge in [0.05, 0.1) is 17.6 Å². The molecule has 0 heterocycles. The molecule has 0 aromatic heterocycles. The van der Waals surface area contributed by atoms with Crippen LogP contribution in [-0.4, -0.2) is 18.0 Å². The van der Waals surface area contributed by atoms with Crippen molar-refractivity contribution in [3.05, 3.63) is 0 Å². The van der Waals surface area contributed by atoms with Gasteiger partial charge in [0, 0.05) is 6.42 Å². The third kappa shape index (κ3) is 2.56. The Morgan fingerprint density at radius 1 is 1.10 bits per heavy atom. The molecule has 3 atom stereocenters. The molecule has 0 amide bonds. The second kappa shape index (κ2) is 5.12. The maximum absolute atomic E-state index is 12.2. The predicted molar refractivity (Wildman–Crippen MR) is 80.6 cm³/mol. The molecule has 0 aromatic carbocycles. The lowest BCUT2D eigenvalue weighted by molar-refractivity contribution is -0.184. The molecular formula is C18H30O2. The van der Waals surface area contributed by atoms with Crippen molar-refractivity contribution < 1.29 is 9.53 Å². The van der Waals surface area contributed by atoms with E-state index in [2.05, 4.69) is 20.8 Å². The van der Waals surface area contributed by atoms with E-state index in [-0.39, 0.29) is 11.5 Å². The molecule has 3 fully saturated rings. The van der Waals surface area contributed by atoms with Gasteiger partial charge in [0.2, 0.25) is 0 Å². The zero-order valence-corrected chi connectivity index (χ0v) is 13.4. The van der Waals surface area contributed by atoms with Crippen LogP contribution >= 0.6 is 0 Å². The fourth-order valence-corrected chi connectivity index (χ4v) is 5.17. The summed E-state index contributed by atoms with van der Waals surface area (Å²) in [6, 6.07) is 0. The Kier molecular flexibility index (Phi) is 3.73. The quantitative estimate of drug-likeness (QED) is 0.743. The lowest BCUT2D eigenvalue weighted by atomic mass is 9.57. The topological polar surface area (TPSA) is 26.3 Å². The number of ketones is 1. The van der Waals surface area contributed by atoms with Crippen molar-refractivity contribution >= 4 is 5.78 Å². The van der Waals surface area contributed by atoms with Crippen LogP contribution in [0.2, 0.25) is 0 Å². The summed E-state index contributed by atoms with van der Waals surface area (Å²) in [5.41, 5.74) is 0.332. The average Bonchev–Trinajstić information content (AvgIpc) is 2.37. The monoisotopic (exact) mass is 278 g/mol. The van der Waals surface area contributed by atoms with E-state index in [0.717, 1.165) is 25.2 Å². The minimum Gasteiger partial charge on any atom is -0.373 e. The van der Waals surface area contributed by atoms with E-state index in [9.17, 15) is 4.79 Å². The van der Waals surface area contributed by atoms with Gasteiger partial charge in [0.25, 0.3) is 0 Å². The van der Waals surface area contributed by atoms with E-state index in [1.54, 1.807) is 0 Å². The molecule has 3 aliphatic rings. The van der Waals surface area contributed by atoms with Gasteiger partial charge in [0.15, 0.2) is 0 Å². The third-order valence-electron chi connectivity index (χ3n) is 5.99. The van der Waals surface area contributed by atoms with Crippen molar-refractivity contribution in [2.45, 2.75) is 90.8 Å². The largest absolute Gasteiger partial charge is 0.373 e. The Morgan fingerprint density at radius 2 is 1.80 bits per heavy atom. The lowest BCUT2D eigenvalue weighted by Gasteiger charge is -2.52. The summed E-state index contributed by atoms with van der Waals surface area (Å²) >= 11 is 0. The summed E-state index contributed by atoms with van der Waals surface area (Å²) < 4.78 is 6.48. The maximum atomic E-state index is 12.2. The van der Waals surface area contributed by atoms with E-state index in [4.69, 9.17) is 4.74 Å². The van der Waals surface area contributed by atoms with Crippen LogP contribution in [0.4, 0.5) is 0 Å². The summed E-state index contributed by atoms with van der Waals surface area (Å²) in [4.78, 5) is 12.2. The van der Waals surface area contributed by atoms with Gasteiger partial charge in [-0.15, -0.1) is 0 Å². The summed E-state index contributed by atoms with van der Waals surface area (Å²) in [6.45, 7) is 7.07. The number of hydrogen-bond acceptors (Lipinski definition) is 2. The molecule has 3 aliphatic carbocycles. The van der Waals surface area contributed by atoms with Gasteiger partial charge in [-0.1, -0.05) is 40.0 Å². The minimum atomic E-state index is -0.0664. The molecule has 0 aliphatic heterocycles. The van der Waals surface area contributed by atoms with Crippen molar-refractivity contribution in [2.75, 3.05) is 0 Å². The highest BCUT2D eigenvalue weighted by molar-refractivity contribution is 5.92. The first kappa shape index (κ1) is 14.6. The SMILES string of the molecule is CC1CC(OC2CC(=O)C23CCCCC3)CC(C)(C)C1. The number of ether oxygens (including phenoxy) is 1. The molecule has 3 saturated carbocycles. The van der Waals surface area contributed by atoms with E-state index in [1.807, 2.05) is 0 Å². The highest BCUT2D eigenvalue weighted by Crippen LogP contribution is 2.52. The molecule has 2 nitrogen and oxygen atoms in total. The average molecular weight is 278 g/mol. The van der Waals surface area contributed by atoms with Crippen LogP contribution in [0.1, 0.15) is 78.6 Å². The van der Waals surface area contributed by atoms with Gasteiger partial charge >= 0.3 is 0 Å². The fraction of sp³-hybridized carbons (Fsp3) is 0.944. The van der Waals surface area contributed by atoms with Crippen LogP contribution in [-0.2, 0) is 9.53 Å². The molecule has 114 valence electrons. The Bertz CT molecular complexity index is 379. The first-order valence-corrected chi connectivity index (χ1v) is 8.60. The van der Waals surface area contributed by atoms with Crippen molar-refractivity contribution in [3.63, 3.8) is 0 Å². The van der Waals surface area contributed by atoms with Crippen molar-refractivity contribution in [1.29, 1.82) is 0 Å². The van der Waals surface area contributed by atoms with Crippen molar-refractivity contribution in [1.82, 2.24) is 0 Å². The summed E-state index contributed by atoms with van der Waals surface area (Å²) in [5.74, 6) is 1.24. The lowest BCUT2D eigenvalue weighted by Crippen LogP contribution is -2.57. The van der Waals surface area contributed by atoms with Gasteiger partial charge in [-0.3, -0.25) is 4.79 Å². The zero-order valence-electron chi connectivity index (χ0n) is 13.4. The molecule has 3 unspecified atom stereocenters. The van der Waals surface area contributed by atoms with Crippen molar-refractivity contribution in [3.8, 4) is 0 Å². The van der Waals surface area contributed by atoms with E-state index >= 15 is 0 Å². The van der Waals surface area contributed by atoms with Gasteiger partial charge < -0.3 is 4.74 Å². The summed E-state index contributed by atoms with van der Waals surface area (Å²) in [5, 5.41) is 0. The molecule has 0 saturated heterocycles. The van der Waals surface area contributed by atoms with E-state index < -0.39 is 0 Å². The minimum absolute atomic E-state index is 0.0664. The third-order valence-corrected chi connectivity index (χ3v) is 5.99. The van der Waals surface area contributed by atoms with Crippen LogP contribution in [0.3, 0.4) is 0 Å². The fourth-order valence-electron chi connectivity index (χ4n) is 5.17. The predicted octanol–water partition coefficient (Wildman–Crippen LogP) is 4.51. The van der Waals surface area contributed by atoms with Gasteiger partial charge in [-0.05, 0) is 43.4 Å². The zero-order chi connectivity index (χ0) is 14.4. The molecule has 1 spiro atoms. The van der Waals surface area contributed by atoms with Crippen LogP contribution in [0.5, 0.6) is 0 Å². The van der Waals surface area contributed by atoms with Gasteiger partial charge in [0.1, 0.15) is 5.78 Å². The van der Waals surface area contributed by atoms with Crippen LogP contribution < -0.4 is 0 Å². The Hall–Kier alpha value is -0.370. The molecule has 3 rings (SSSR count).